The Bertz CT molecular complexity index is 1380. The lowest BCUT2D eigenvalue weighted by Gasteiger charge is -2.47. The predicted octanol–water partition coefficient (Wildman–Crippen LogP) is 5.15. The summed E-state index contributed by atoms with van der Waals surface area (Å²) in [5.41, 5.74) is 2.81. The van der Waals surface area contributed by atoms with Crippen LogP contribution in [-0.4, -0.2) is 71.1 Å². The van der Waals surface area contributed by atoms with E-state index in [9.17, 15) is 14.4 Å². The molecule has 0 spiro atoms. The van der Waals surface area contributed by atoms with Crippen molar-refractivity contribution in [1.82, 2.24) is 14.7 Å². The standard InChI is InChI=1S/C32H33N5O4/c1-3-41-30(38)29-28-19-18-27(37(28)31(39)34(2)21-24-16-14-23(20-33)15-17-24)22-35(29)32(40)36(25-10-6-4-7-11-25)26-12-8-5-9-13-26/h4-17,27-29H,3,18-19,21-22H2,1-2H3/t27-,28+,29+/m0/s1. The largest absolute Gasteiger partial charge is 0.464 e. The highest BCUT2D eigenvalue weighted by Gasteiger charge is 2.54. The van der Waals surface area contributed by atoms with Crippen molar-refractivity contribution < 1.29 is 19.1 Å². The Labute approximate surface area is 240 Å². The molecule has 0 unspecified atom stereocenters. The molecule has 4 amide bonds. The number of fused-ring (bicyclic) bond motifs is 2. The van der Waals surface area contributed by atoms with Crippen LogP contribution in [0.3, 0.4) is 0 Å². The van der Waals surface area contributed by atoms with Crippen LogP contribution < -0.4 is 4.90 Å². The number of ether oxygens (including phenoxy) is 1. The second-order valence-corrected chi connectivity index (χ2v) is 10.3. The second-order valence-electron chi connectivity index (χ2n) is 10.3. The molecule has 41 heavy (non-hydrogen) atoms. The highest BCUT2D eigenvalue weighted by Crippen LogP contribution is 2.38. The topological polar surface area (TPSA) is 97.2 Å². The summed E-state index contributed by atoms with van der Waals surface area (Å²) in [5, 5.41) is 9.08. The van der Waals surface area contributed by atoms with Gasteiger partial charge in [-0.2, -0.15) is 5.26 Å². The number of urea groups is 2. The van der Waals surface area contributed by atoms with Crippen LogP contribution in [-0.2, 0) is 16.1 Å². The van der Waals surface area contributed by atoms with Crippen LogP contribution in [0.2, 0.25) is 0 Å². The zero-order valence-electron chi connectivity index (χ0n) is 23.2. The molecule has 9 heteroatoms. The predicted molar refractivity (Wildman–Crippen MR) is 154 cm³/mol. The fourth-order valence-corrected chi connectivity index (χ4v) is 5.83. The number of likely N-dealkylation sites (tertiary alicyclic amines) is 1. The minimum Gasteiger partial charge on any atom is -0.464 e. The maximum Gasteiger partial charge on any atom is 0.331 e. The maximum absolute atomic E-state index is 14.3. The molecule has 2 aliphatic rings. The summed E-state index contributed by atoms with van der Waals surface area (Å²) in [6, 6.07) is 25.7. The van der Waals surface area contributed by atoms with Gasteiger partial charge in [0.05, 0.1) is 41.7 Å². The molecule has 210 valence electrons. The van der Waals surface area contributed by atoms with E-state index in [-0.39, 0.29) is 31.3 Å². The summed E-state index contributed by atoms with van der Waals surface area (Å²) >= 11 is 0. The Balaban J connectivity index is 1.44. The first kappa shape index (κ1) is 27.7. The number of nitriles is 1. The zero-order chi connectivity index (χ0) is 28.9. The third kappa shape index (κ3) is 5.59. The lowest BCUT2D eigenvalue weighted by Crippen LogP contribution is -2.67. The number of para-hydroxylation sites is 2. The summed E-state index contributed by atoms with van der Waals surface area (Å²) in [7, 11) is 1.73. The lowest BCUT2D eigenvalue weighted by atomic mass is 10.0. The monoisotopic (exact) mass is 551 g/mol. The van der Waals surface area contributed by atoms with Gasteiger partial charge in [0.2, 0.25) is 0 Å². The molecular weight excluding hydrogens is 518 g/mol. The minimum atomic E-state index is -0.941. The average molecular weight is 552 g/mol. The average Bonchev–Trinajstić information content (AvgIpc) is 3.30. The normalized spacial score (nSPS) is 19.3. The van der Waals surface area contributed by atoms with Gasteiger partial charge in [-0.1, -0.05) is 48.5 Å². The van der Waals surface area contributed by atoms with Crippen molar-refractivity contribution in [2.24, 2.45) is 0 Å². The molecule has 5 rings (SSSR count). The van der Waals surface area contributed by atoms with E-state index in [1.54, 1.807) is 45.7 Å². The number of amides is 4. The number of rotatable bonds is 6. The number of hydrogen-bond acceptors (Lipinski definition) is 5. The Hall–Kier alpha value is -4.84. The van der Waals surface area contributed by atoms with E-state index in [0.717, 1.165) is 5.56 Å². The molecule has 2 bridgehead atoms. The van der Waals surface area contributed by atoms with Gasteiger partial charge in [-0.25, -0.2) is 14.4 Å². The molecular formula is C32H33N5O4. The number of esters is 1. The van der Waals surface area contributed by atoms with Crippen LogP contribution in [0.15, 0.2) is 84.9 Å². The molecule has 3 atom stereocenters. The van der Waals surface area contributed by atoms with Crippen molar-refractivity contribution in [2.75, 3.05) is 25.1 Å². The molecule has 0 aromatic heterocycles. The van der Waals surface area contributed by atoms with E-state index in [1.807, 2.05) is 72.8 Å². The van der Waals surface area contributed by atoms with Gasteiger partial charge in [0.15, 0.2) is 6.04 Å². The summed E-state index contributed by atoms with van der Waals surface area (Å²) in [6.45, 7) is 2.47. The summed E-state index contributed by atoms with van der Waals surface area (Å²) in [5.74, 6) is -0.514. The van der Waals surface area contributed by atoms with Gasteiger partial charge in [0.1, 0.15) is 0 Å². The van der Waals surface area contributed by atoms with E-state index in [4.69, 9.17) is 10.00 Å². The van der Waals surface area contributed by atoms with Gasteiger partial charge in [-0.3, -0.25) is 4.90 Å². The maximum atomic E-state index is 14.3. The fraction of sp³-hybridized carbons (Fsp3) is 0.312. The first-order chi connectivity index (χ1) is 19.9. The molecule has 0 saturated carbocycles. The Morgan fingerprint density at radius 2 is 1.51 bits per heavy atom. The number of hydrogen-bond donors (Lipinski definition) is 0. The molecule has 2 aliphatic heterocycles. The fourth-order valence-electron chi connectivity index (χ4n) is 5.83. The van der Waals surface area contributed by atoms with Crippen LogP contribution >= 0.6 is 0 Å². The highest BCUT2D eigenvalue weighted by molar-refractivity contribution is 6.01. The SMILES string of the molecule is CCOC(=O)[C@H]1[C@H]2CC[C@@H](CN1C(=O)N(c1ccccc1)c1ccccc1)N2C(=O)N(C)Cc1ccc(C#N)cc1. The summed E-state index contributed by atoms with van der Waals surface area (Å²) < 4.78 is 5.48. The van der Waals surface area contributed by atoms with Crippen molar-refractivity contribution in [2.45, 2.75) is 44.4 Å². The number of nitrogens with zero attached hydrogens (tertiary/aromatic N) is 5. The quantitative estimate of drug-likeness (QED) is 0.395. The molecule has 2 saturated heterocycles. The molecule has 0 radical (unpaired) electrons. The molecule has 3 aromatic carbocycles. The first-order valence-electron chi connectivity index (χ1n) is 13.8. The first-order valence-corrected chi connectivity index (χ1v) is 13.8. The minimum absolute atomic E-state index is 0.168. The van der Waals surface area contributed by atoms with Gasteiger partial charge in [-0.15, -0.1) is 0 Å². The molecule has 2 fully saturated rings. The van der Waals surface area contributed by atoms with Crippen LogP contribution in [0.5, 0.6) is 0 Å². The van der Waals surface area contributed by atoms with Gasteiger partial charge in [0.25, 0.3) is 0 Å². The van der Waals surface area contributed by atoms with Crippen molar-refractivity contribution in [3.8, 4) is 6.07 Å². The van der Waals surface area contributed by atoms with Crippen molar-refractivity contribution >= 4 is 29.4 Å². The van der Waals surface area contributed by atoms with Gasteiger partial charge < -0.3 is 19.4 Å². The van der Waals surface area contributed by atoms with Gasteiger partial charge in [-0.05, 0) is 61.7 Å². The van der Waals surface area contributed by atoms with Gasteiger partial charge in [0, 0.05) is 20.1 Å². The van der Waals surface area contributed by atoms with Crippen LogP contribution in [0.1, 0.15) is 30.9 Å². The molecule has 0 N–H and O–H groups in total. The highest BCUT2D eigenvalue weighted by atomic mass is 16.5. The third-order valence-corrected chi connectivity index (χ3v) is 7.70. The molecule has 2 heterocycles. The van der Waals surface area contributed by atoms with E-state index >= 15 is 0 Å². The number of carbonyl (C=O) groups is 3. The second kappa shape index (κ2) is 12.1. The zero-order valence-corrected chi connectivity index (χ0v) is 23.2. The number of anilines is 2. The van der Waals surface area contributed by atoms with Crippen molar-refractivity contribution in [3.63, 3.8) is 0 Å². The van der Waals surface area contributed by atoms with E-state index < -0.39 is 18.1 Å². The third-order valence-electron chi connectivity index (χ3n) is 7.70. The number of carbonyl (C=O) groups excluding carboxylic acids is 3. The van der Waals surface area contributed by atoms with E-state index in [1.165, 1.54) is 0 Å². The lowest BCUT2D eigenvalue weighted by molar-refractivity contribution is -0.152. The number of benzene rings is 3. The van der Waals surface area contributed by atoms with Crippen LogP contribution in [0.4, 0.5) is 21.0 Å². The van der Waals surface area contributed by atoms with Crippen LogP contribution in [0.25, 0.3) is 0 Å². The van der Waals surface area contributed by atoms with Gasteiger partial charge >= 0.3 is 18.0 Å². The smallest absolute Gasteiger partial charge is 0.331 e. The van der Waals surface area contributed by atoms with Crippen molar-refractivity contribution in [1.29, 1.82) is 5.26 Å². The Morgan fingerprint density at radius 1 is 0.902 bits per heavy atom. The Morgan fingerprint density at radius 3 is 2.07 bits per heavy atom. The van der Waals surface area contributed by atoms with Crippen LogP contribution in [0, 0.1) is 11.3 Å². The van der Waals surface area contributed by atoms with Crippen molar-refractivity contribution in [3.05, 3.63) is 96.1 Å². The summed E-state index contributed by atoms with van der Waals surface area (Å²) in [4.78, 5) is 48.2. The Kier molecular flexibility index (Phi) is 8.20. The molecule has 3 aromatic rings. The van der Waals surface area contributed by atoms with E-state index in [0.29, 0.717) is 36.3 Å². The molecule has 9 nitrogen and oxygen atoms in total. The van der Waals surface area contributed by atoms with E-state index in [2.05, 4.69) is 6.07 Å². The molecule has 0 aliphatic carbocycles. The number of piperazine rings is 1. The summed E-state index contributed by atoms with van der Waals surface area (Å²) in [6.07, 6.45) is 1.27.